The Kier molecular flexibility index (Phi) is 2.16. The molecule has 0 fully saturated rings. The lowest BCUT2D eigenvalue weighted by atomic mass is 10.1. The van der Waals surface area contributed by atoms with Crippen LogP contribution in [0.25, 0.3) is 10.9 Å². The molecule has 2 rings (SSSR count). The summed E-state index contributed by atoms with van der Waals surface area (Å²) < 4.78 is 13.5. The number of H-pyrrole nitrogens is 1. The molecule has 0 aliphatic rings. The molecule has 0 aliphatic heterocycles. The smallest absolute Gasteiger partial charge is 0.293 e. The minimum Gasteiger partial charge on any atom is -0.501 e. The number of fused-ring (bicyclic) bond motifs is 1. The molecule has 2 aromatic rings. The zero-order valence-corrected chi connectivity index (χ0v) is 8.52. The van der Waals surface area contributed by atoms with Gasteiger partial charge in [0.15, 0.2) is 5.82 Å². The molecule has 0 unspecified atom stereocenters. The van der Waals surface area contributed by atoms with E-state index in [0.29, 0.717) is 11.1 Å². The van der Waals surface area contributed by atoms with Crippen LogP contribution in [0.4, 0.5) is 4.39 Å². The molecule has 1 aromatic carbocycles. The topological polar surface area (TPSA) is 53.1 Å². The average Bonchev–Trinajstić information content (AvgIpc) is 2.20. The molecule has 78 valence electrons. The molecule has 2 N–H and O–H groups in total. The summed E-state index contributed by atoms with van der Waals surface area (Å²) in [5.41, 5.74) is 0.138. The molecule has 0 saturated heterocycles. The zero-order valence-electron chi connectivity index (χ0n) is 7.77. The van der Waals surface area contributed by atoms with Crippen LogP contribution in [0.3, 0.4) is 0 Å². The summed E-state index contributed by atoms with van der Waals surface area (Å²) in [5, 5.41) is 9.33. The predicted molar refractivity (Wildman–Crippen MR) is 55.9 cm³/mol. The predicted octanol–water partition coefficient (Wildman–Crippen LogP) is 2.33. The van der Waals surface area contributed by atoms with Crippen LogP contribution in [-0.4, -0.2) is 10.1 Å². The molecule has 1 aromatic heterocycles. The van der Waals surface area contributed by atoms with E-state index in [-0.39, 0.29) is 10.4 Å². The van der Waals surface area contributed by atoms with Gasteiger partial charge in [-0.15, -0.1) is 0 Å². The number of pyridine rings is 1. The van der Waals surface area contributed by atoms with E-state index >= 15 is 0 Å². The van der Waals surface area contributed by atoms with Gasteiger partial charge in [-0.1, -0.05) is 17.7 Å². The molecule has 0 aliphatic carbocycles. The maximum atomic E-state index is 13.5. The van der Waals surface area contributed by atoms with Crippen LogP contribution in [0.15, 0.2) is 16.9 Å². The van der Waals surface area contributed by atoms with Crippen LogP contribution in [-0.2, 0) is 0 Å². The lowest BCUT2D eigenvalue weighted by Crippen LogP contribution is -2.08. The van der Waals surface area contributed by atoms with Crippen LogP contribution >= 0.6 is 11.6 Å². The lowest BCUT2D eigenvalue weighted by molar-refractivity contribution is 0.428. The largest absolute Gasteiger partial charge is 0.501 e. The summed E-state index contributed by atoms with van der Waals surface area (Å²) in [6, 6.07) is 3.18. The van der Waals surface area contributed by atoms with Gasteiger partial charge in [-0.2, -0.15) is 0 Å². The van der Waals surface area contributed by atoms with Crippen molar-refractivity contribution in [3.05, 3.63) is 38.9 Å². The Morgan fingerprint density at radius 2 is 2.13 bits per heavy atom. The second-order valence-electron chi connectivity index (χ2n) is 3.23. The number of nitrogens with one attached hydrogen (secondary N) is 1. The second-order valence-corrected chi connectivity index (χ2v) is 3.64. The number of benzene rings is 1. The zero-order chi connectivity index (χ0) is 11.2. The van der Waals surface area contributed by atoms with E-state index in [9.17, 15) is 9.18 Å². The number of halogens is 2. The Morgan fingerprint density at radius 3 is 2.80 bits per heavy atom. The van der Waals surface area contributed by atoms with Gasteiger partial charge in [-0.25, -0.2) is 4.39 Å². The van der Waals surface area contributed by atoms with Gasteiger partial charge >= 0.3 is 0 Å². The SMILES string of the molecule is Cc1ccc(Cl)c2c(F)c(O)c(=O)[nH]c12. The fraction of sp³-hybridized carbons (Fsp3) is 0.100. The molecule has 5 heteroatoms. The van der Waals surface area contributed by atoms with Crippen LogP contribution in [0.2, 0.25) is 5.02 Å². The molecular weight excluding hydrogens is 221 g/mol. The number of hydrogen-bond donors (Lipinski definition) is 2. The van der Waals surface area contributed by atoms with Crippen LogP contribution < -0.4 is 5.56 Å². The Hall–Kier alpha value is -1.55. The monoisotopic (exact) mass is 227 g/mol. The lowest BCUT2D eigenvalue weighted by Gasteiger charge is -2.05. The van der Waals surface area contributed by atoms with Crippen molar-refractivity contribution < 1.29 is 9.50 Å². The summed E-state index contributed by atoms with van der Waals surface area (Å²) >= 11 is 5.79. The minimum atomic E-state index is -0.984. The quantitative estimate of drug-likeness (QED) is 0.726. The van der Waals surface area contributed by atoms with Gasteiger partial charge in [-0.3, -0.25) is 4.79 Å². The van der Waals surface area contributed by atoms with Crippen LogP contribution in [0.1, 0.15) is 5.56 Å². The number of hydrogen-bond acceptors (Lipinski definition) is 2. The third kappa shape index (κ3) is 1.37. The Labute approximate surface area is 89.1 Å². The molecular formula is C10H7ClFNO2. The minimum absolute atomic E-state index is 0.0359. The van der Waals surface area contributed by atoms with E-state index in [2.05, 4.69) is 4.98 Å². The number of aromatic hydroxyl groups is 1. The average molecular weight is 228 g/mol. The van der Waals surface area contributed by atoms with Crippen molar-refractivity contribution in [2.24, 2.45) is 0 Å². The van der Waals surface area contributed by atoms with E-state index in [4.69, 9.17) is 16.7 Å². The Morgan fingerprint density at radius 1 is 1.47 bits per heavy atom. The maximum absolute atomic E-state index is 13.5. The molecule has 15 heavy (non-hydrogen) atoms. The van der Waals surface area contributed by atoms with Gasteiger partial charge in [0.1, 0.15) is 0 Å². The van der Waals surface area contributed by atoms with Crippen molar-refractivity contribution in [2.45, 2.75) is 6.92 Å². The van der Waals surface area contributed by atoms with Gasteiger partial charge in [0.2, 0.25) is 5.75 Å². The Bertz CT molecular complexity index is 606. The first-order valence-electron chi connectivity index (χ1n) is 4.22. The molecule has 1 heterocycles. The highest BCUT2D eigenvalue weighted by Crippen LogP contribution is 2.29. The number of aromatic nitrogens is 1. The first-order valence-corrected chi connectivity index (χ1v) is 4.59. The van der Waals surface area contributed by atoms with Gasteiger partial charge in [0, 0.05) is 0 Å². The van der Waals surface area contributed by atoms with Crippen molar-refractivity contribution in [3.63, 3.8) is 0 Å². The van der Waals surface area contributed by atoms with Gasteiger partial charge < -0.3 is 10.1 Å². The summed E-state index contributed by atoms with van der Waals surface area (Å²) in [7, 11) is 0. The molecule has 0 amide bonds. The third-order valence-corrected chi connectivity index (χ3v) is 2.56. The first kappa shape index (κ1) is 9.98. The van der Waals surface area contributed by atoms with Crippen LogP contribution in [0.5, 0.6) is 5.75 Å². The number of aryl methyl sites for hydroxylation is 1. The van der Waals surface area contributed by atoms with Crippen LogP contribution in [0, 0.1) is 12.7 Å². The first-order chi connectivity index (χ1) is 7.02. The number of aromatic amines is 1. The highest BCUT2D eigenvalue weighted by atomic mass is 35.5. The molecule has 0 radical (unpaired) electrons. The Balaban J connectivity index is 3.11. The normalized spacial score (nSPS) is 10.9. The second kappa shape index (κ2) is 3.24. The molecule has 0 spiro atoms. The molecule has 0 bridgehead atoms. The highest BCUT2D eigenvalue weighted by molar-refractivity contribution is 6.35. The summed E-state index contributed by atoms with van der Waals surface area (Å²) in [4.78, 5) is 13.5. The summed E-state index contributed by atoms with van der Waals surface area (Å²) in [6.45, 7) is 1.71. The molecule has 0 atom stereocenters. The van der Waals surface area contributed by atoms with E-state index in [1.54, 1.807) is 13.0 Å². The highest BCUT2D eigenvalue weighted by Gasteiger charge is 2.14. The standard InChI is InChI=1S/C10H7ClFNO2/c1-4-2-3-5(11)6-7(12)9(14)10(15)13-8(4)6/h2-3,14H,1H3,(H,13,15). The van der Waals surface area contributed by atoms with E-state index < -0.39 is 17.1 Å². The van der Waals surface area contributed by atoms with Crippen molar-refractivity contribution in [1.82, 2.24) is 4.98 Å². The summed E-state index contributed by atoms with van der Waals surface area (Å²) in [6.07, 6.45) is 0. The van der Waals surface area contributed by atoms with E-state index in [0.717, 1.165) is 0 Å². The third-order valence-electron chi connectivity index (χ3n) is 2.24. The summed E-state index contributed by atoms with van der Waals surface area (Å²) in [5.74, 6) is -1.92. The van der Waals surface area contributed by atoms with Gasteiger partial charge in [0.05, 0.1) is 15.9 Å². The molecule has 0 saturated carbocycles. The van der Waals surface area contributed by atoms with Crippen molar-refractivity contribution >= 4 is 22.5 Å². The van der Waals surface area contributed by atoms with Crippen molar-refractivity contribution in [3.8, 4) is 5.75 Å². The van der Waals surface area contributed by atoms with Crippen molar-refractivity contribution in [2.75, 3.05) is 0 Å². The molecule has 3 nitrogen and oxygen atoms in total. The fourth-order valence-electron chi connectivity index (χ4n) is 1.45. The number of rotatable bonds is 0. The van der Waals surface area contributed by atoms with Crippen molar-refractivity contribution in [1.29, 1.82) is 0 Å². The van der Waals surface area contributed by atoms with E-state index in [1.807, 2.05) is 0 Å². The van der Waals surface area contributed by atoms with Gasteiger partial charge in [0.25, 0.3) is 5.56 Å². The fourth-order valence-corrected chi connectivity index (χ4v) is 1.69. The van der Waals surface area contributed by atoms with E-state index in [1.165, 1.54) is 6.07 Å². The van der Waals surface area contributed by atoms with Gasteiger partial charge in [-0.05, 0) is 18.6 Å². The maximum Gasteiger partial charge on any atom is 0.293 e.